The minimum atomic E-state index is -4.02. The molecule has 2 aliphatic rings. The minimum absolute atomic E-state index is 0.117. The lowest BCUT2D eigenvalue weighted by molar-refractivity contribution is 0.0371. The Kier molecular flexibility index (Phi) is 8.37. The van der Waals surface area contributed by atoms with Gasteiger partial charge in [-0.05, 0) is 37.3 Å². The number of carbonyl (C=O) groups is 2. The number of amides is 3. The number of sulfonamides is 1. The Morgan fingerprint density at radius 2 is 1.88 bits per heavy atom. The first-order valence-corrected chi connectivity index (χ1v) is 15.1. The third-order valence-electron chi connectivity index (χ3n) is 7.30. The lowest BCUT2D eigenvalue weighted by Gasteiger charge is -2.38. The van der Waals surface area contributed by atoms with Crippen molar-refractivity contribution in [2.75, 3.05) is 43.6 Å². The van der Waals surface area contributed by atoms with Crippen LogP contribution in [-0.4, -0.2) is 90.5 Å². The van der Waals surface area contributed by atoms with Gasteiger partial charge in [-0.1, -0.05) is 6.92 Å². The molecule has 14 nitrogen and oxygen atoms in total. The zero-order valence-electron chi connectivity index (χ0n) is 24.2. The summed E-state index contributed by atoms with van der Waals surface area (Å²) in [5.41, 5.74) is 0.793. The van der Waals surface area contributed by atoms with Crippen LogP contribution < -0.4 is 24.2 Å². The van der Waals surface area contributed by atoms with Crippen molar-refractivity contribution >= 4 is 33.3 Å². The Labute approximate surface area is 249 Å². The van der Waals surface area contributed by atoms with E-state index in [4.69, 9.17) is 14.2 Å². The topological polar surface area (TPSA) is 165 Å². The van der Waals surface area contributed by atoms with Crippen LogP contribution in [0.3, 0.4) is 0 Å². The smallest absolute Gasteiger partial charge is 0.321 e. The summed E-state index contributed by atoms with van der Waals surface area (Å²) in [5.74, 6) is 0.704. The van der Waals surface area contributed by atoms with E-state index in [9.17, 15) is 23.1 Å². The molecule has 3 aromatic rings. The summed E-state index contributed by atoms with van der Waals surface area (Å²) in [6.07, 6.45) is 2.18. The van der Waals surface area contributed by atoms with Crippen LogP contribution in [0.4, 0.5) is 16.2 Å². The third kappa shape index (κ3) is 6.46. The number of likely N-dealkylation sites (N-methyl/N-ethyl adjacent to an activating group) is 1. The molecule has 3 heterocycles. The average Bonchev–Trinajstić information content (AvgIpc) is 3.63. The van der Waals surface area contributed by atoms with E-state index >= 15 is 0 Å². The van der Waals surface area contributed by atoms with Crippen LogP contribution in [0, 0.1) is 5.92 Å². The number of carbonyl (C=O) groups excluding carboxylic acids is 2. The van der Waals surface area contributed by atoms with Gasteiger partial charge in [0, 0.05) is 50.2 Å². The fraction of sp³-hybridized carbons (Fsp3) is 0.393. The van der Waals surface area contributed by atoms with Crippen LogP contribution in [0.2, 0.25) is 0 Å². The molecule has 0 saturated heterocycles. The Balaban J connectivity index is 1.38. The number of fused-ring (bicyclic) bond motifs is 2. The number of urea groups is 1. The second-order valence-corrected chi connectivity index (χ2v) is 12.3. The quantitative estimate of drug-likeness (QED) is 0.345. The molecule has 2 aromatic carbocycles. The molecular weight excluding hydrogens is 580 g/mol. The number of benzene rings is 2. The average molecular weight is 615 g/mol. The van der Waals surface area contributed by atoms with Crippen LogP contribution in [-0.2, 0) is 17.1 Å². The van der Waals surface area contributed by atoms with Crippen molar-refractivity contribution in [2.24, 2.45) is 13.0 Å². The molecule has 0 saturated carbocycles. The van der Waals surface area contributed by atoms with Gasteiger partial charge in [0.05, 0.1) is 31.1 Å². The summed E-state index contributed by atoms with van der Waals surface area (Å²) in [6, 6.07) is 8.61. The molecule has 0 aliphatic carbocycles. The van der Waals surface area contributed by atoms with E-state index in [2.05, 4.69) is 15.0 Å². The van der Waals surface area contributed by atoms with Crippen LogP contribution in [0.5, 0.6) is 17.2 Å². The van der Waals surface area contributed by atoms with Gasteiger partial charge in [-0.2, -0.15) is 8.42 Å². The van der Waals surface area contributed by atoms with Gasteiger partial charge in [-0.15, -0.1) is 0 Å². The highest BCUT2D eigenvalue weighted by atomic mass is 32.2. The summed E-state index contributed by atoms with van der Waals surface area (Å²) in [4.78, 5) is 33.7. The number of ether oxygens (including phenoxy) is 3. The molecule has 0 unspecified atom stereocenters. The predicted molar refractivity (Wildman–Crippen MR) is 156 cm³/mol. The van der Waals surface area contributed by atoms with Crippen LogP contribution in [0.15, 0.2) is 53.9 Å². The van der Waals surface area contributed by atoms with E-state index < -0.39 is 28.1 Å². The number of aromatic nitrogens is 2. The third-order valence-corrected chi connectivity index (χ3v) is 8.56. The van der Waals surface area contributed by atoms with Gasteiger partial charge in [0.2, 0.25) is 6.79 Å². The highest BCUT2D eigenvalue weighted by Crippen LogP contribution is 2.35. The Morgan fingerprint density at radius 1 is 1.16 bits per heavy atom. The molecule has 0 bridgehead atoms. The summed E-state index contributed by atoms with van der Waals surface area (Å²) in [5, 5.41) is 12.6. The predicted octanol–water partition coefficient (Wildman–Crippen LogP) is 2.33. The summed E-state index contributed by atoms with van der Waals surface area (Å²) >= 11 is 0. The second-order valence-electron chi connectivity index (χ2n) is 10.7. The molecule has 3 amide bonds. The zero-order chi connectivity index (χ0) is 30.9. The summed E-state index contributed by atoms with van der Waals surface area (Å²) < 4.78 is 46.7. The molecule has 43 heavy (non-hydrogen) atoms. The largest absolute Gasteiger partial charge is 0.487 e. The maximum atomic E-state index is 13.7. The number of imidazole rings is 1. The van der Waals surface area contributed by atoms with Crippen molar-refractivity contribution in [2.45, 2.75) is 31.0 Å². The number of aliphatic hydroxyl groups excluding tert-OH is 1. The highest BCUT2D eigenvalue weighted by molar-refractivity contribution is 7.92. The molecule has 3 atom stereocenters. The van der Waals surface area contributed by atoms with Gasteiger partial charge in [-0.3, -0.25) is 9.52 Å². The van der Waals surface area contributed by atoms with E-state index in [-0.39, 0.29) is 60.5 Å². The number of nitrogens with one attached hydrogen (secondary N) is 2. The molecule has 0 spiro atoms. The molecule has 2 aliphatic heterocycles. The number of nitrogens with zero attached hydrogens (tertiary/aromatic N) is 4. The second kappa shape index (κ2) is 12.0. The molecule has 3 N–H and O–H groups in total. The summed E-state index contributed by atoms with van der Waals surface area (Å²) in [6.45, 7) is 3.87. The molecular formula is C28H34N6O8S. The van der Waals surface area contributed by atoms with Crippen molar-refractivity contribution < 1.29 is 37.3 Å². The van der Waals surface area contributed by atoms with E-state index in [0.717, 1.165) is 0 Å². The number of rotatable bonds is 8. The maximum Gasteiger partial charge on any atom is 0.321 e. The van der Waals surface area contributed by atoms with Gasteiger partial charge in [0.25, 0.3) is 15.9 Å². The van der Waals surface area contributed by atoms with E-state index in [0.29, 0.717) is 17.2 Å². The molecule has 0 radical (unpaired) electrons. The van der Waals surface area contributed by atoms with Gasteiger partial charge in [0.15, 0.2) is 16.5 Å². The standard InChI is InChI=1S/C28H34N6O8S/c1-17-11-34(18(2)14-35)27(36)21-9-20(31-43(38,39)26-13-32(3)15-29-26)6-7-22(21)42-25(17)12-33(4)28(37)30-19-5-8-23-24(10-19)41-16-40-23/h5-10,13,15,17-18,25,31,35H,11-12,14,16H2,1-4H3,(H,30,37)/t17-,18-,25+/m0/s1. The first-order valence-electron chi connectivity index (χ1n) is 13.6. The van der Waals surface area contributed by atoms with Crippen molar-refractivity contribution in [1.82, 2.24) is 19.4 Å². The molecule has 230 valence electrons. The van der Waals surface area contributed by atoms with Gasteiger partial charge in [-0.25, -0.2) is 9.78 Å². The Morgan fingerprint density at radius 3 is 2.60 bits per heavy atom. The number of aliphatic hydroxyl groups is 1. The highest BCUT2D eigenvalue weighted by Gasteiger charge is 2.34. The van der Waals surface area contributed by atoms with Crippen molar-refractivity contribution in [1.29, 1.82) is 0 Å². The first kappa shape index (κ1) is 30.0. The molecule has 15 heteroatoms. The van der Waals surface area contributed by atoms with Crippen molar-refractivity contribution in [3.8, 4) is 17.2 Å². The van der Waals surface area contributed by atoms with Gasteiger partial charge >= 0.3 is 6.03 Å². The number of anilines is 2. The lowest BCUT2D eigenvalue weighted by Crippen LogP contribution is -2.50. The van der Waals surface area contributed by atoms with Crippen molar-refractivity contribution in [3.05, 3.63) is 54.5 Å². The van der Waals surface area contributed by atoms with E-state index in [1.165, 1.54) is 45.1 Å². The van der Waals surface area contributed by atoms with Crippen LogP contribution in [0.1, 0.15) is 24.2 Å². The zero-order valence-corrected chi connectivity index (χ0v) is 25.0. The Bertz CT molecular complexity index is 1630. The minimum Gasteiger partial charge on any atom is -0.487 e. The SMILES string of the molecule is C[C@H]1CN([C@@H](C)CO)C(=O)c2cc(NS(=O)(=O)c3cn(C)cn3)ccc2O[C@@H]1CN(C)C(=O)Nc1ccc2c(c1)OCO2. The molecule has 0 fully saturated rings. The fourth-order valence-electron chi connectivity index (χ4n) is 4.79. The fourth-order valence-corrected chi connectivity index (χ4v) is 5.82. The normalized spacial score (nSPS) is 18.6. The van der Waals surface area contributed by atoms with E-state index in [1.54, 1.807) is 39.2 Å². The monoisotopic (exact) mass is 614 g/mol. The van der Waals surface area contributed by atoms with Crippen LogP contribution >= 0.6 is 0 Å². The number of hydrogen-bond acceptors (Lipinski definition) is 9. The first-order chi connectivity index (χ1) is 20.4. The van der Waals surface area contributed by atoms with Gasteiger partial charge < -0.3 is 39.0 Å². The van der Waals surface area contributed by atoms with Crippen LogP contribution in [0.25, 0.3) is 0 Å². The Hall–Kier alpha value is -4.50. The number of hydrogen-bond donors (Lipinski definition) is 3. The van der Waals surface area contributed by atoms with Gasteiger partial charge in [0.1, 0.15) is 11.9 Å². The lowest BCUT2D eigenvalue weighted by atomic mass is 9.99. The molecule has 1 aromatic heterocycles. The van der Waals surface area contributed by atoms with Crippen molar-refractivity contribution in [3.63, 3.8) is 0 Å². The maximum absolute atomic E-state index is 13.7. The van der Waals surface area contributed by atoms with E-state index in [1.807, 2.05) is 6.92 Å². The molecule has 5 rings (SSSR count). The summed E-state index contributed by atoms with van der Waals surface area (Å²) in [7, 11) is -0.731. The number of aryl methyl sites for hydroxylation is 1.